The Balaban J connectivity index is 3.04. The van der Waals surface area contributed by atoms with E-state index in [1.807, 2.05) is 0 Å². The maximum Gasteiger partial charge on any atom is 0.313 e. The van der Waals surface area contributed by atoms with Crippen LogP contribution >= 0.6 is 0 Å². The standard InChI is InChI=1S/C10H19NO7/c1-10(3-11,9(16)17)8-7(15)6(14)5(13)4(2-12)18-8/h4-8,12-15H,2-3,11H2,1H3,(H,16,17)/t4-,5-,6+,7-,8-,10-/m1/s1. The zero-order valence-electron chi connectivity index (χ0n) is 9.93. The van der Waals surface area contributed by atoms with Crippen LogP contribution in [0.15, 0.2) is 0 Å². The topological polar surface area (TPSA) is 153 Å². The summed E-state index contributed by atoms with van der Waals surface area (Å²) in [6, 6.07) is 0. The molecule has 8 heteroatoms. The molecule has 8 nitrogen and oxygen atoms in total. The van der Waals surface area contributed by atoms with Crippen molar-refractivity contribution >= 4 is 5.97 Å². The minimum Gasteiger partial charge on any atom is -0.481 e. The number of nitrogens with two attached hydrogens (primary N) is 1. The first kappa shape index (κ1) is 15.3. The minimum absolute atomic E-state index is 0.328. The van der Waals surface area contributed by atoms with Crippen LogP contribution in [0.2, 0.25) is 0 Å². The van der Waals surface area contributed by atoms with Crippen LogP contribution < -0.4 is 5.73 Å². The number of aliphatic hydroxyl groups excluding tert-OH is 4. The summed E-state index contributed by atoms with van der Waals surface area (Å²) in [6.45, 7) is 0.328. The van der Waals surface area contributed by atoms with Crippen molar-refractivity contribution in [2.75, 3.05) is 13.2 Å². The molecule has 0 unspecified atom stereocenters. The normalized spacial score (nSPS) is 40.2. The molecule has 1 rings (SSSR count). The summed E-state index contributed by atoms with van der Waals surface area (Å²) in [5, 5.41) is 47.1. The lowest BCUT2D eigenvalue weighted by Gasteiger charge is -2.45. The van der Waals surface area contributed by atoms with Gasteiger partial charge in [0.2, 0.25) is 0 Å². The van der Waals surface area contributed by atoms with E-state index < -0.39 is 48.5 Å². The Bertz CT molecular complexity index is 311. The van der Waals surface area contributed by atoms with Crippen LogP contribution in [0.4, 0.5) is 0 Å². The molecule has 0 amide bonds. The van der Waals surface area contributed by atoms with E-state index in [1.54, 1.807) is 0 Å². The zero-order valence-corrected chi connectivity index (χ0v) is 9.93. The van der Waals surface area contributed by atoms with Gasteiger partial charge in [0.1, 0.15) is 35.9 Å². The number of carboxylic acid groups (broad SMARTS) is 1. The molecule has 1 aliphatic rings. The number of ether oxygens (including phenoxy) is 1. The van der Waals surface area contributed by atoms with Gasteiger partial charge in [-0.2, -0.15) is 0 Å². The summed E-state index contributed by atoms with van der Waals surface area (Å²) in [5.41, 5.74) is 3.76. The Kier molecular flexibility index (Phi) is 4.65. The number of hydrogen-bond donors (Lipinski definition) is 6. The summed E-state index contributed by atoms with van der Waals surface area (Å²) >= 11 is 0. The Morgan fingerprint density at radius 1 is 1.28 bits per heavy atom. The maximum atomic E-state index is 11.2. The third-order valence-corrected chi connectivity index (χ3v) is 3.43. The molecule has 1 saturated heterocycles. The van der Waals surface area contributed by atoms with Gasteiger partial charge in [-0.15, -0.1) is 0 Å². The molecule has 0 spiro atoms. The fourth-order valence-electron chi connectivity index (χ4n) is 1.95. The molecule has 0 aromatic rings. The van der Waals surface area contributed by atoms with E-state index in [9.17, 15) is 20.1 Å². The van der Waals surface area contributed by atoms with E-state index in [0.29, 0.717) is 0 Å². The molecule has 0 aliphatic carbocycles. The van der Waals surface area contributed by atoms with Gasteiger partial charge < -0.3 is 36.0 Å². The van der Waals surface area contributed by atoms with Gasteiger partial charge in [0.05, 0.1) is 6.61 Å². The van der Waals surface area contributed by atoms with Crippen molar-refractivity contribution in [3.8, 4) is 0 Å². The molecule has 0 saturated carbocycles. The van der Waals surface area contributed by atoms with Crippen LogP contribution in [0.1, 0.15) is 6.92 Å². The SMILES string of the molecule is C[C@](CN)(C(=O)O)[C@@H]1O[C@H](CO)[C@@H](O)[C@H](O)[C@H]1O. The Morgan fingerprint density at radius 3 is 2.22 bits per heavy atom. The fraction of sp³-hybridized carbons (Fsp3) is 0.900. The number of rotatable bonds is 4. The molecule has 0 aromatic heterocycles. The quantitative estimate of drug-likeness (QED) is 0.312. The van der Waals surface area contributed by atoms with Gasteiger partial charge in [0.15, 0.2) is 0 Å². The van der Waals surface area contributed by atoms with E-state index in [0.717, 1.165) is 0 Å². The van der Waals surface area contributed by atoms with Crippen LogP contribution in [-0.2, 0) is 9.53 Å². The molecular formula is C10H19NO7. The first-order valence-corrected chi connectivity index (χ1v) is 5.53. The highest BCUT2D eigenvalue weighted by Gasteiger charge is 2.53. The summed E-state index contributed by atoms with van der Waals surface area (Å²) in [6.07, 6.45) is -7.19. The molecule has 0 aromatic carbocycles. The van der Waals surface area contributed by atoms with Crippen molar-refractivity contribution in [1.82, 2.24) is 0 Å². The lowest BCUT2D eigenvalue weighted by atomic mass is 9.77. The highest BCUT2D eigenvalue weighted by molar-refractivity contribution is 5.75. The van der Waals surface area contributed by atoms with Crippen molar-refractivity contribution in [2.24, 2.45) is 11.1 Å². The van der Waals surface area contributed by atoms with E-state index in [1.165, 1.54) is 6.92 Å². The lowest BCUT2D eigenvalue weighted by molar-refractivity contribution is -0.254. The zero-order chi connectivity index (χ0) is 14.1. The third-order valence-electron chi connectivity index (χ3n) is 3.43. The van der Waals surface area contributed by atoms with Crippen molar-refractivity contribution < 1.29 is 35.1 Å². The molecule has 0 bridgehead atoms. The van der Waals surface area contributed by atoms with Gasteiger partial charge in [-0.05, 0) is 6.92 Å². The summed E-state index contributed by atoms with van der Waals surface area (Å²) < 4.78 is 5.18. The average Bonchev–Trinajstić information content (AvgIpc) is 2.35. The summed E-state index contributed by atoms with van der Waals surface area (Å²) in [5.74, 6) is -1.30. The van der Waals surface area contributed by atoms with E-state index in [-0.39, 0.29) is 6.54 Å². The fourth-order valence-corrected chi connectivity index (χ4v) is 1.95. The Hall–Kier alpha value is -0.770. The lowest BCUT2D eigenvalue weighted by Crippen LogP contribution is -2.65. The molecule has 7 N–H and O–H groups in total. The molecule has 106 valence electrons. The molecule has 1 fully saturated rings. The van der Waals surface area contributed by atoms with Crippen LogP contribution in [0.5, 0.6) is 0 Å². The number of aliphatic carboxylic acids is 1. The predicted molar refractivity (Wildman–Crippen MR) is 58.6 cm³/mol. The van der Waals surface area contributed by atoms with Gasteiger partial charge in [-0.3, -0.25) is 4.79 Å². The maximum absolute atomic E-state index is 11.2. The summed E-state index contributed by atoms with van der Waals surface area (Å²) in [7, 11) is 0. The van der Waals surface area contributed by atoms with Gasteiger partial charge in [-0.1, -0.05) is 0 Å². The van der Waals surface area contributed by atoms with E-state index in [2.05, 4.69) is 0 Å². The van der Waals surface area contributed by atoms with Crippen LogP contribution in [0.25, 0.3) is 0 Å². The van der Waals surface area contributed by atoms with E-state index >= 15 is 0 Å². The molecule has 6 atom stereocenters. The second-order valence-corrected chi connectivity index (χ2v) is 4.68. The third kappa shape index (κ3) is 2.35. The van der Waals surface area contributed by atoms with Gasteiger partial charge in [-0.25, -0.2) is 0 Å². The highest BCUT2D eigenvalue weighted by atomic mass is 16.5. The average molecular weight is 265 g/mol. The van der Waals surface area contributed by atoms with Gasteiger partial charge in [0, 0.05) is 6.54 Å². The smallest absolute Gasteiger partial charge is 0.313 e. The van der Waals surface area contributed by atoms with Gasteiger partial charge in [0.25, 0.3) is 0 Å². The Labute approximate surface area is 104 Å². The van der Waals surface area contributed by atoms with Crippen molar-refractivity contribution in [3.63, 3.8) is 0 Å². The number of carboxylic acids is 1. The van der Waals surface area contributed by atoms with E-state index in [4.69, 9.17) is 20.7 Å². The molecule has 0 radical (unpaired) electrons. The molecule has 1 aliphatic heterocycles. The largest absolute Gasteiger partial charge is 0.481 e. The number of carbonyl (C=O) groups is 1. The van der Waals surface area contributed by atoms with Gasteiger partial charge >= 0.3 is 5.97 Å². The monoisotopic (exact) mass is 265 g/mol. The molecule has 18 heavy (non-hydrogen) atoms. The second-order valence-electron chi connectivity index (χ2n) is 4.68. The molecular weight excluding hydrogens is 246 g/mol. The minimum atomic E-state index is -1.63. The second kappa shape index (κ2) is 5.47. The van der Waals surface area contributed by atoms with Crippen LogP contribution in [0, 0.1) is 5.41 Å². The predicted octanol–water partition coefficient (Wildman–Crippen LogP) is -3.12. The van der Waals surface area contributed by atoms with Crippen molar-refractivity contribution in [2.45, 2.75) is 37.4 Å². The van der Waals surface area contributed by atoms with Crippen LogP contribution in [-0.4, -0.2) is 75.2 Å². The first-order chi connectivity index (χ1) is 8.29. The summed E-state index contributed by atoms with van der Waals surface area (Å²) in [4.78, 5) is 11.2. The first-order valence-electron chi connectivity index (χ1n) is 5.53. The van der Waals surface area contributed by atoms with Crippen LogP contribution in [0.3, 0.4) is 0 Å². The Morgan fingerprint density at radius 2 is 1.83 bits per heavy atom. The molecule has 1 heterocycles. The highest BCUT2D eigenvalue weighted by Crippen LogP contribution is 2.33. The number of hydrogen-bond acceptors (Lipinski definition) is 7. The number of aliphatic hydroxyl groups is 4. The van der Waals surface area contributed by atoms with Crippen molar-refractivity contribution in [3.05, 3.63) is 0 Å². The van der Waals surface area contributed by atoms with Crippen molar-refractivity contribution in [1.29, 1.82) is 0 Å².